The van der Waals surface area contributed by atoms with E-state index in [1.807, 2.05) is 12.4 Å². The first-order chi connectivity index (χ1) is 9.30. The zero-order chi connectivity index (χ0) is 13.2. The lowest BCUT2D eigenvalue weighted by Crippen LogP contribution is -2.34. The second-order valence-corrected chi connectivity index (χ2v) is 4.84. The number of hydrogen-bond acceptors (Lipinski definition) is 4. The summed E-state index contributed by atoms with van der Waals surface area (Å²) >= 11 is 0. The lowest BCUT2D eigenvalue weighted by molar-refractivity contribution is 0.555. The van der Waals surface area contributed by atoms with Crippen molar-refractivity contribution in [1.82, 2.24) is 14.5 Å². The average Bonchev–Trinajstić information content (AvgIpc) is 2.94. The number of nitrogens with two attached hydrogens (primary N) is 1. The van der Waals surface area contributed by atoms with E-state index in [1.165, 1.54) is 0 Å². The number of hydrogen-bond donors (Lipinski definition) is 1. The van der Waals surface area contributed by atoms with E-state index < -0.39 is 0 Å². The molecule has 2 aromatic rings. The van der Waals surface area contributed by atoms with Crippen LogP contribution in [0.4, 0.5) is 5.82 Å². The van der Waals surface area contributed by atoms with Gasteiger partial charge in [-0.3, -0.25) is 0 Å². The van der Waals surface area contributed by atoms with E-state index in [4.69, 9.17) is 10.7 Å². The Kier molecular flexibility index (Phi) is 3.21. The maximum Gasteiger partial charge on any atom is 0.129 e. The molecule has 2 N–H and O–H groups in total. The second-order valence-electron chi connectivity index (χ2n) is 4.84. The van der Waals surface area contributed by atoms with Crippen molar-refractivity contribution in [3.63, 3.8) is 0 Å². The number of nitrogens with zero attached hydrogens (tertiary/aromatic N) is 4. The van der Waals surface area contributed by atoms with Gasteiger partial charge in [-0.15, -0.1) is 0 Å². The fourth-order valence-corrected chi connectivity index (χ4v) is 2.46. The van der Waals surface area contributed by atoms with E-state index in [0.717, 1.165) is 49.0 Å². The standard InChI is InChI=1S/C14H19N5/c1-2-12-7-11(9-15)8-13(17-12)19-6-5-18-4-3-16-14(18)10-19/h3-4,7-8H,2,5-6,9-10,15H2,1H3. The molecule has 5 nitrogen and oxygen atoms in total. The highest BCUT2D eigenvalue weighted by atomic mass is 15.3. The van der Waals surface area contributed by atoms with Crippen LogP contribution >= 0.6 is 0 Å². The summed E-state index contributed by atoms with van der Waals surface area (Å²) in [5.74, 6) is 2.12. The maximum atomic E-state index is 5.77. The van der Waals surface area contributed by atoms with Crippen LogP contribution < -0.4 is 10.6 Å². The molecule has 3 rings (SSSR count). The lowest BCUT2D eigenvalue weighted by Gasteiger charge is -2.29. The number of rotatable bonds is 3. The summed E-state index contributed by atoms with van der Waals surface area (Å²) in [6.45, 7) is 5.43. The molecule has 1 aliphatic heterocycles. The van der Waals surface area contributed by atoms with Crippen LogP contribution in [0.1, 0.15) is 24.0 Å². The minimum absolute atomic E-state index is 0.561. The summed E-state index contributed by atoms with van der Waals surface area (Å²) in [6, 6.07) is 4.19. The fraction of sp³-hybridized carbons (Fsp3) is 0.429. The minimum Gasteiger partial charge on any atom is -0.347 e. The van der Waals surface area contributed by atoms with Crippen molar-refractivity contribution >= 4 is 5.82 Å². The van der Waals surface area contributed by atoms with Crippen LogP contribution in [0.2, 0.25) is 0 Å². The van der Waals surface area contributed by atoms with Crippen LogP contribution in [0.3, 0.4) is 0 Å². The van der Waals surface area contributed by atoms with E-state index in [9.17, 15) is 0 Å². The molecule has 19 heavy (non-hydrogen) atoms. The van der Waals surface area contributed by atoms with Crippen molar-refractivity contribution < 1.29 is 0 Å². The van der Waals surface area contributed by atoms with Crippen molar-refractivity contribution in [2.75, 3.05) is 11.4 Å². The third-order valence-corrected chi connectivity index (χ3v) is 3.59. The molecule has 0 aliphatic carbocycles. The Labute approximate surface area is 113 Å². The summed E-state index contributed by atoms with van der Waals surface area (Å²) in [6.07, 6.45) is 4.83. The molecule has 0 amide bonds. The van der Waals surface area contributed by atoms with Gasteiger partial charge >= 0.3 is 0 Å². The van der Waals surface area contributed by atoms with Gasteiger partial charge in [-0.1, -0.05) is 6.92 Å². The Morgan fingerprint density at radius 2 is 2.21 bits per heavy atom. The van der Waals surface area contributed by atoms with Gasteiger partial charge < -0.3 is 15.2 Å². The Morgan fingerprint density at radius 3 is 3.00 bits per heavy atom. The molecular weight excluding hydrogens is 238 g/mol. The molecule has 0 unspecified atom stereocenters. The number of imidazole rings is 1. The first kappa shape index (κ1) is 12.2. The quantitative estimate of drug-likeness (QED) is 0.901. The van der Waals surface area contributed by atoms with Gasteiger partial charge in [0.15, 0.2) is 0 Å². The van der Waals surface area contributed by atoms with E-state index in [-0.39, 0.29) is 0 Å². The molecule has 0 saturated carbocycles. The summed E-state index contributed by atoms with van der Waals surface area (Å²) in [5, 5.41) is 0. The monoisotopic (exact) mass is 257 g/mol. The summed E-state index contributed by atoms with van der Waals surface area (Å²) in [7, 11) is 0. The van der Waals surface area contributed by atoms with Gasteiger partial charge in [0.1, 0.15) is 11.6 Å². The van der Waals surface area contributed by atoms with E-state index in [1.54, 1.807) is 0 Å². The Balaban J connectivity index is 1.90. The molecule has 1 aliphatic rings. The van der Waals surface area contributed by atoms with Gasteiger partial charge in [-0.2, -0.15) is 0 Å². The number of anilines is 1. The zero-order valence-electron chi connectivity index (χ0n) is 11.2. The molecule has 0 fully saturated rings. The summed E-state index contributed by atoms with van der Waals surface area (Å²) in [5.41, 5.74) is 8.02. The van der Waals surface area contributed by atoms with Crippen LogP contribution in [0.15, 0.2) is 24.5 Å². The number of pyridine rings is 1. The topological polar surface area (TPSA) is 60.0 Å². The van der Waals surface area contributed by atoms with Gasteiger partial charge in [0.05, 0.1) is 6.54 Å². The number of fused-ring (bicyclic) bond motifs is 1. The molecule has 2 aromatic heterocycles. The van der Waals surface area contributed by atoms with Gasteiger partial charge in [0.2, 0.25) is 0 Å². The number of aryl methyl sites for hydroxylation is 1. The van der Waals surface area contributed by atoms with E-state index >= 15 is 0 Å². The predicted octanol–water partition coefficient (Wildman–Crippen LogP) is 1.32. The highest BCUT2D eigenvalue weighted by Gasteiger charge is 2.18. The molecule has 0 atom stereocenters. The van der Waals surface area contributed by atoms with Gasteiger partial charge in [0.25, 0.3) is 0 Å². The van der Waals surface area contributed by atoms with Crippen molar-refractivity contribution in [2.45, 2.75) is 33.0 Å². The SMILES string of the molecule is CCc1cc(CN)cc(N2CCn3ccnc3C2)n1. The van der Waals surface area contributed by atoms with Gasteiger partial charge in [0, 0.05) is 37.7 Å². The van der Waals surface area contributed by atoms with Crippen LogP contribution in [0, 0.1) is 0 Å². The van der Waals surface area contributed by atoms with Crippen LogP contribution in [-0.2, 0) is 26.1 Å². The summed E-state index contributed by atoms with van der Waals surface area (Å²) < 4.78 is 2.20. The molecule has 0 aromatic carbocycles. The van der Waals surface area contributed by atoms with Crippen LogP contribution in [-0.4, -0.2) is 21.1 Å². The van der Waals surface area contributed by atoms with Crippen molar-refractivity contribution in [1.29, 1.82) is 0 Å². The van der Waals surface area contributed by atoms with Crippen molar-refractivity contribution in [2.24, 2.45) is 5.73 Å². The third-order valence-electron chi connectivity index (χ3n) is 3.59. The molecule has 0 saturated heterocycles. The highest BCUT2D eigenvalue weighted by molar-refractivity contribution is 5.43. The normalized spacial score (nSPS) is 14.5. The lowest BCUT2D eigenvalue weighted by atomic mass is 10.2. The Bertz CT molecular complexity index is 553. The Hall–Kier alpha value is -1.88. The molecule has 0 spiro atoms. The van der Waals surface area contributed by atoms with Gasteiger partial charge in [-0.25, -0.2) is 9.97 Å². The molecule has 100 valence electrons. The number of aromatic nitrogens is 3. The fourth-order valence-electron chi connectivity index (χ4n) is 2.46. The van der Waals surface area contributed by atoms with Gasteiger partial charge in [-0.05, 0) is 24.1 Å². The van der Waals surface area contributed by atoms with Crippen molar-refractivity contribution in [3.05, 3.63) is 41.6 Å². The highest BCUT2D eigenvalue weighted by Crippen LogP contribution is 2.20. The van der Waals surface area contributed by atoms with Crippen LogP contribution in [0.25, 0.3) is 0 Å². The van der Waals surface area contributed by atoms with E-state index in [2.05, 4.69) is 33.5 Å². The molecule has 5 heteroatoms. The molecule has 0 bridgehead atoms. The van der Waals surface area contributed by atoms with Crippen molar-refractivity contribution in [3.8, 4) is 0 Å². The molecule has 3 heterocycles. The smallest absolute Gasteiger partial charge is 0.129 e. The molecular formula is C14H19N5. The zero-order valence-corrected chi connectivity index (χ0v) is 11.2. The largest absolute Gasteiger partial charge is 0.347 e. The third kappa shape index (κ3) is 2.33. The Morgan fingerprint density at radius 1 is 1.32 bits per heavy atom. The summed E-state index contributed by atoms with van der Waals surface area (Å²) in [4.78, 5) is 11.4. The average molecular weight is 257 g/mol. The maximum absolute atomic E-state index is 5.77. The first-order valence-electron chi connectivity index (χ1n) is 6.75. The predicted molar refractivity (Wildman–Crippen MR) is 74.8 cm³/mol. The minimum atomic E-state index is 0.561. The van der Waals surface area contributed by atoms with E-state index in [0.29, 0.717) is 6.54 Å². The molecule has 0 radical (unpaired) electrons. The van der Waals surface area contributed by atoms with Crippen LogP contribution in [0.5, 0.6) is 0 Å². The second kappa shape index (κ2) is 5.01. The first-order valence-corrected chi connectivity index (χ1v) is 6.75.